The molecule has 0 aliphatic carbocycles. The highest BCUT2D eigenvalue weighted by Crippen LogP contribution is 2.26. The molecule has 156 valence electrons. The molecule has 1 amide bonds. The van der Waals surface area contributed by atoms with Gasteiger partial charge in [-0.25, -0.2) is 0 Å². The number of carbonyl (C=O) groups excluding carboxylic acids is 1. The molecule has 32 heavy (non-hydrogen) atoms. The van der Waals surface area contributed by atoms with Crippen molar-refractivity contribution in [1.29, 1.82) is 0 Å². The number of para-hydroxylation sites is 1. The standard InChI is InChI=1S/C27H22N4O/c1-19(21-7-3-2-4-8-21)31(18-20-15-22-9-5-6-10-24(22)30-17-20)27(32)23-11-12-25-26(16-23)29-14-13-28-25/h2-17,19H,18H2,1H3/t19-/m0/s1. The smallest absolute Gasteiger partial charge is 0.254 e. The van der Waals surface area contributed by atoms with E-state index in [-0.39, 0.29) is 11.9 Å². The maximum atomic E-state index is 13.7. The van der Waals surface area contributed by atoms with E-state index in [1.807, 2.05) is 71.8 Å². The van der Waals surface area contributed by atoms with E-state index in [1.165, 1.54) is 0 Å². The molecule has 0 bridgehead atoms. The second-order valence-electron chi connectivity index (χ2n) is 7.82. The highest BCUT2D eigenvalue weighted by atomic mass is 16.2. The molecule has 1 atom stereocenters. The fourth-order valence-electron chi connectivity index (χ4n) is 3.96. The summed E-state index contributed by atoms with van der Waals surface area (Å²) in [6, 6.07) is 25.6. The van der Waals surface area contributed by atoms with Gasteiger partial charge in [-0.3, -0.25) is 19.7 Å². The predicted molar refractivity (Wildman–Crippen MR) is 126 cm³/mol. The van der Waals surface area contributed by atoms with Crippen molar-refractivity contribution in [2.24, 2.45) is 0 Å². The van der Waals surface area contributed by atoms with Crippen molar-refractivity contribution in [2.75, 3.05) is 0 Å². The van der Waals surface area contributed by atoms with Gasteiger partial charge in [0.05, 0.1) is 22.6 Å². The summed E-state index contributed by atoms with van der Waals surface area (Å²) in [5.74, 6) is -0.0536. The van der Waals surface area contributed by atoms with Gasteiger partial charge >= 0.3 is 0 Å². The van der Waals surface area contributed by atoms with E-state index in [9.17, 15) is 4.79 Å². The largest absolute Gasteiger partial charge is 0.328 e. The van der Waals surface area contributed by atoms with Gasteiger partial charge in [0.2, 0.25) is 0 Å². The molecule has 5 heteroatoms. The van der Waals surface area contributed by atoms with E-state index in [2.05, 4.69) is 40.1 Å². The van der Waals surface area contributed by atoms with Crippen LogP contribution < -0.4 is 0 Å². The monoisotopic (exact) mass is 418 g/mol. The average Bonchev–Trinajstić information content (AvgIpc) is 2.86. The first-order chi connectivity index (χ1) is 15.7. The lowest BCUT2D eigenvalue weighted by atomic mass is 10.0. The van der Waals surface area contributed by atoms with Crippen LogP contribution in [-0.2, 0) is 6.54 Å². The Labute approximate surface area is 186 Å². The highest BCUT2D eigenvalue weighted by Gasteiger charge is 2.24. The quantitative estimate of drug-likeness (QED) is 0.374. The molecule has 3 aromatic carbocycles. The van der Waals surface area contributed by atoms with Gasteiger partial charge in [-0.05, 0) is 48.4 Å². The second kappa shape index (κ2) is 8.55. The van der Waals surface area contributed by atoms with Crippen LogP contribution >= 0.6 is 0 Å². The minimum absolute atomic E-state index is 0.0536. The molecule has 2 aromatic heterocycles. The Morgan fingerprint density at radius 1 is 0.812 bits per heavy atom. The molecular formula is C27H22N4O. The zero-order chi connectivity index (χ0) is 21.9. The number of carbonyl (C=O) groups is 1. The van der Waals surface area contributed by atoms with E-state index >= 15 is 0 Å². The first-order valence-corrected chi connectivity index (χ1v) is 10.6. The number of rotatable bonds is 5. The van der Waals surface area contributed by atoms with Crippen LogP contribution in [-0.4, -0.2) is 25.8 Å². The van der Waals surface area contributed by atoms with Gasteiger partial charge in [-0.15, -0.1) is 0 Å². The lowest BCUT2D eigenvalue weighted by Crippen LogP contribution is -2.33. The number of nitrogens with zero attached hydrogens (tertiary/aromatic N) is 4. The van der Waals surface area contributed by atoms with Crippen LogP contribution in [0.4, 0.5) is 0 Å². The molecule has 0 saturated heterocycles. The summed E-state index contributed by atoms with van der Waals surface area (Å²) in [6.45, 7) is 2.51. The molecule has 5 rings (SSSR count). The van der Waals surface area contributed by atoms with E-state index in [4.69, 9.17) is 0 Å². The average molecular weight is 419 g/mol. The lowest BCUT2D eigenvalue weighted by molar-refractivity contribution is 0.0674. The molecule has 0 aliphatic rings. The minimum atomic E-state index is -0.118. The summed E-state index contributed by atoms with van der Waals surface area (Å²) in [6.07, 6.45) is 5.15. The van der Waals surface area contributed by atoms with Crippen LogP contribution in [0.1, 0.15) is 34.5 Å². The first-order valence-electron chi connectivity index (χ1n) is 10.6. The molecule has 0 unspecified atom stereocenters. The number of amides is 1. The van der Waals surface area contributed by atoms with Gasteiger partial charge in [-0.1, -0.05) is 48.5 Å². The van der Waals surface area contributed by atoms with Crippen LogP contribution in [0.3, 0.4) is 0 Å². The second-order valence-corrected chi connectivity index (χ2v) is 7.82. The van der Waals surface area contributed by atoms with E-state index < -0.39 is 0 Å². The van der Waals surface area contributed by atoms with Crippen molar-refractivity contribution < 1.29 is 4.79 Å². The van der Waals surface area contributed by atoms with Crippen LogP contribution in [0, 0.1) is 0 Å². The maximum Gasteiger partial charge on any atom is 0.254 e. The van der Waals surface area contributed by atoms with E-state index in [1.54, 1.807) is 12.4 Å². The summed E-state index contributed by atoms with van der Waals surface area (Å²) < 4.78 is 0. The van der Waals surface area contributed by atoms with Gasteiger partial charge in [-0.2, -0.15) is 0 Å². The number of pyridine rings is 1. The van der Waals surface area contributed by atoms with Crippen molar-refractivity contribution in [3.05, 3.63) is 114 Å². The third-order valence-corrected chi connectivity index (χ3v) is 5.73. The SMILES string of the molecule is C[C@@H](c1ccccc1)N(Cc1cnc2ccccc2c1)C(=O)c1ccc2nccnc2c1. The summed E-state index contributed by atoms with van der Waals surface area (Å²) in [4.78, 5) is 28.9. The van der Waals surface area contributed by atoms with Crippen molar-refractivity contribution in [3.63, 3.8) is 0 Å². The number of hydrogen-bond acceptors (Lipinski definition) is 4. The number of aromatic nitrogens is 3. The maximum absolute atomic E-state index is 13.7. The topological polar surface area (TPSA) is 59.0 Å². The van der Waals surface area contributed by atoms with Crippen LogP contribution in [0.15, 0.2) is 97.5 Å². The first kappa shape index (κ1) is 19.8. The zero-order valence-corrected chi connectivity index (χ0v) is 17.7. The number of benzene rings is 3. The fraction of sp³-hybridized carbons (Fsp3) is 0.111. The number of hydrogen-bond donors (Lipinski definition) is 0. The Hall–Kier alpha value is -4.12. The Balaban J connectivity index is 1.53. The molecule has 0 fully saturated rings. The van der Waals surface area contributed by atoms with Crippen LogP contribution in [0.5, 0.6) is 0 Å². The molecule has 0 radical (unpaired) electrons. The van der Waals surface area contributed by atoms with Crippen LogP contribution in [0.2, 0.25) is 0 Å². The van der Waals surface area contributed by atoms with Gasteiger partial charge in [0.25, 0.3) is 5.91 Å². The lowest BCUT2D eigenvalue weighted by Gasteiger charge is -2.30. The molecule has 2 heterocycles. The summed E-state index contributed by atoms with van der Waals surface area (Å²) in [7, 11) is 0. The van der Waals surface area contributed by atoms with E-state index in [0.29, 0.717) is 17.6 Å². The van der Waals surface area contributed by atoms with Gasteiger partial charge < -0.3 is 4.90 Å². The molecule has 0 aliphatic heterocycles. The van der Waals surface area contributed by atoms with Crippen molar-refractivity contribution in [2.45, 2.75) is 19.5 Å². The predicted octanol–water partition coefficient (Wildman–Crippen LogP) is 5.58. The molecule has 5 aromatic rings. The third kappa shape index (κ3) is 3.93. The molecule has 0 saturated carbocycles. The normalized spacial score (nSPS) is 12.0. The molecular weight excluding hydrogens is 396 g/mol. The molecule has 5 nitrogen and oxygen atoms in total. The van der Waals surface area contributed by atoms with E-state index in [0.717, 1.165) is 27.5 Å². The van der Waals surface area contributed by atoms with Gasteiger partial charge in [0.1, 0.15) is 0 Å². The highest BCUT2D eigenvalue weighted by molar-refractivity contribution is 5.97. The Kier molecular flexibility index (Phi) is 5.30. The minimum Gasteiger partial charge on any atom is -0.328 e. The number of fused-ring (bicyclic) bond motifs is 2. The van der Waals surface area contributed by atoms with Crippen molar-refractivity contribution >= 4 is 27.8 Å². The summed E-state index contributed by atoms with van der Waals surface area (Å²) in [5, 5.41) is 1.06. The third-order valence-electron chi connectivity index (χ3n) is 5.73. The van der Waals surface area contributed by atoms with Gasteiger partial charge in [0, 0.05) is 36.1 Å². The fourth-order valence-corrected chi connectivity index (χ4v) is 3.96. The molecule has 0 spiro atoms. The summed E-state index contributed by atoms with van der Waals surface area (Å²) >= 11 is 0. The van der Waals surface area contributed by atoms with Crippen molar-refractivity contribution in [1.82, 2.24) is 19.9 Å². The zero-order valence-electron chi connectivity index (χ0n) is 17.7. The van der Waals surface area contributed by atoms with Gasteiger partial charge in [0.15, 0.2) is 0 Å². The Morgan fingerprint density at radius 3 is 2.41 bits per heavy atom. The summed E-state index contributed by atoms with van der Waals surface area (Å²) in [5.41, 5.74) is 5.08. The Bertz CT molecular complexity index is 1400. The van der Waals surface area contributed by atoms with Crippen LogP contribution in [0.25, 0.3) is 21.9 Å². The Morgan fingerprint density at radius 2 is 1.56 bits per heavy atom. The van der Waals surface area contributed by atoms with Crippen molar-refractivity contribution in [3.8, 4) is 0 Å². The molecule has 0 N–H and O–H groups in total.